The van der Waals surface area contributed by atoms with E-state index in [9.17, 15) is 4.79 Å². The quantitative estimate of drug-likeness (QED) is 0.671. The number of ether oxygens (including phenoxy) is 3. The topological polar surface area (TPSA) is 96.8 Å². The van der Waals surface area contributed by atoms with Crippen LogP contribution in [0.2, 0.25) is 0 Å². The summed E-state index contributed by atoms with van der Waals surface area (Å²) in [5.74, 6) is 0.742. The van der Waals surface area contributed by atoms with Gasteiger partial charge in [0.25, 0.3) is 5.91 Å². The molecule has 1 aromatic rings. The zero-order chi connectivity index (χ0) is 14.1. The summed E-state index contributed by atoms with van der Waals surface area (Å²) in [5, 5.41) is 0. The fourth-order valence-corrected chi connectivity index (χ4v) is 1.44. The van der Waals surface area contributed by atoms with Gasteiger partial charge in [0.1, 0.15) is 18.1 Å². The Morgan fingerprint density at radius 3 is 2.37 bits per heavy atom. The number of nitrogens with two attached hydrogens (primary N) is 2. The summed E-state index contributed by atoms with van der Waals surface area (Å²) in [7, 11) is 1.56. The average molecular weight is 268 g/mol. The molecule has 0 fully saturated rings. The van der Waals surface area contributed by atoms with Crippen molar-refractivity contribution in [2.24, 2.45) is 11.5 Å². The lowest BCUT2D eigenvalue weighted by Gasteiger charge is -2.15. The van der Waals surface area contributed by atoms with E-state index >= 15 is 0 Å². The summed E-state index contributed by atoms with van der Waals surface area (Å²) in [6.07, 6.45) is -0.284. The van der Waals surface area contributed by atoms with Crippen LogP contribution in [0.1, 0.15) is 6.42 Å². The van der Waals surface area contributed by atoms with Gasteiger partial charge in [0.15, 0.2) is 6.10 Å². The first-order chi connectivity index (χ1) is 9.17. The zero-order valence-electron chi connectivity index (χ0n) is 11.0. The van der Waals surface area contributed by atoms with Gasteiger partial charge < -0.3 is 25.7 Å². The van der Waals surface area contributed by atoms with Gasteiger partial charge >= 0.3 is 0 Å². The van der Waals surface area contributed by atoms with Crippen molar-refractivity contribution in [1.29, 1.82) is 0 Å². The normalized spacial score (nSPS) is 11.9. The number of hydrogen-bond donors (Lipinski definition) is 2. The van der Waals surface area contributed by atoms with Gasteiger partial charge in [-0.3, -0.25) is 4.79 Å². The van der Waals surface area contributed by atoms with E-state index in [0.29, 0.717) is 37.7 Å². The Balaban J connectivity index is 2.56. The number of rotatable bonds is 9. The molecule has 1 amide bonds. The van der Waals surface area contributed by atoms with Gasteiger partial charge in [0.05, 0.1) is 6.61 Å². The van der Waals surface area contributed by atoms with Crippen molar-refractivity contribution >= 4 is 5.91 Å². The molecule has 1 atom stereocenters. The van der Waals surface area contributed by atoms with Crippen molar-refractivity contribution in [2.45, 2.75) is 12.5 Å². The van der Waals surface area contributed by atoms with Crippen LogP contribution in [0.4, 0.5) is 0 Å². The molecule has 0 aliphatic carbocycles. The summed E-state index contributed by atoms with van der Waals surface area (Å²) in [6.45, 7) is 1.32. The molecule has 4 N–H and O–H groups in total. The highest BCUT2D eigenvalue weighted by atomic mass is 16.5. The Morgan fingerprint density at radius 1 is 1.21 bits per heavy atom. The molecule has 0 aromatic heterocycles. The lowest BCUT2D eigenvalue weighted by atomic mass is 10.2. The van der Waals surface area contributed by atoms with Gasteiger partial charge in [0.2, 0.25) is 0 Å². The molecule has 0 saturated carbocycles. The first-order valence-electron chi connectivity index (χ1n) is 6.05. The monoisotopic (exact) mass is 268 g/mol. The molecule has 1 aromatic carbocycles. The Morgan fingerprint density at radius 2 is 1.84 bits per heavy atom. The summed E-state index contributed by atoms with van der Waals surface area (Å²) < 4.78 is 15.7. The van der Waals surface area contributed by atoms with Gasteiger partial charge in [-0.25, -0.2) is 0 Å². The molecule has 0 aliphatic heterocycles. The molecule has 19 heavy (non-hydrogen) atoms. The van der Waals surface area contributed by atoms with E-state index < -0.39 is 12.0 Å². The number of hydrogen-bond acceptors (Lipinski definition) is 5. The van der Waals surface area contributed by atoms with Gasteiger partial charge in [0, 0.05) is 20.1 Å². The van der Waals surface area contributed by atoms with Crippen LogP contribution in [0.5, 0.6) is 11.5 Å². The predicted molar refractivity (Wildman–Crippen MR) is 71.1 cm³/mol. The maximum atomic E-state index is 11.2. The van der Waals surface area contributed by atoms with E-state index in [1.54, 1.807) is 31.4 Å². The standard InChI is InChI=1S/C13H20N2O4/c1-17-8-6-12(13(15)16)19-11-4-2-10(3-5-11)18-9-7-14/h2-5,12H,6-9,14H2,1H3,(H2,15,16). The van der Waals surface area contributed by atoms with Gasteiger partial charge in [-0.1, -0.05) is 0 Å². The SMILES string of the molecule is COCCC(Oc1ccc(OCCN)cc1)C(N)=O. The van der Waals surface area contributed by atoms with Crippen LogP contribution < -0.4 is 20.9 Å². The first kappa shape index (κ1) is 15.3. The lowest BCUT2D eigenvalue weighted by Crippen LogP contribution is -2.34. The van der Waals surface area contributed by atoms with Gasteiger partial charge in [-0.05, 0) is 24.3 Å². The molecule has 6 heteroatoms. The van der Waals surface area contributed by atoms with Crippen molar-refractivity contribution in [3.8, 4) is 11.5 Å². The number of benzene rings is 1. The fraction of sp³-hybridized carbons (Fsp3) is 0.462. The van der Waals surface area contributed by atoms with Crippen LogP contribution in [0.3, 0.4) is 0 Å². The smallest absolute Gasteiger partial charge is 0.258 e. The van der Waals surface area contributed by atoms with Crippen molar-refractivity contribution in [3.05, 3.63) is 24.3 Å². The molecule has 0 spiro atoms. The Hall–Kier alpha value is -1.79. The third-order valence-electron chi connectivity index (χ3n) is 2.39. The van der Waals surface area contributed by atoms with Crippen LogP contribution in [-0.2, 0) is 9.53 Å². The molecular weight excluding hydrogens is 248 g/mol. The molecular formula is C13H20N2O4. The summed E-state index contributed by atoms with van der Waals surface area (Å²) in [5.41, 5.74) is 10.6. The van der Waals surface area contributed by atoms with E-state index in [0.717, 1.165) is 0 Å². The third kappa shape index (κ3) is 5.58. The zero-order valence-corrected chi connectivity index (χ0v) is 11.0. The number of amides is 1. The number of methoxy groups -OCH3 is 1. The van der Waals surface area contributed by atoms with Crippen molar-refractivity contribution < 1.29 is 19.0 Å². The molecule has 0 bridgehead atoms. The second-order valence-electron chi connectivity index (χ2n) is 3.90. The molecule has 0 aliphatic rings. The highest BCUT2D eigenvalue weighted by Crippen LogP contribution is 2.19. The average Bonchev–Trinajstić information content (AvgIpc) is 2.42. The largest absolute Gasteiger partial charge is 0.492 e. The molecule has 0 radical (unpaired) electrons. The molecule has 1 unspecified atom stereocenters. The summed E-state index contributed by atoms with van der Waals surface area (Å²) >= 11 is 0. The fourth-order valence-electron chi connectivity index (χ4n) is 1.44. The highest BCUT2D eigenvalue weighted by Gasteiger charge is 2.16. The molecule has 106 valence electrons. The van der Waals surface area contributed by atoms with Gasteiger partial charge in [-0.2, -0.15) is 0 Å². The number of primary amides is 1. The van der Waals surface area contributed by atoms with Crippen LogP contribution >= 0.6 is 0 Å². The van der Waals surface area contributed by atoms with Crippen molar-refractivity contribution in [3.63, 3.8) is 0 Å². The van der Waals surface area contributed by atoms with Crippen LogP contribution in [-0.4, -0.2) is 38.9 Å². The van der Waals surface area contributed by atoms with Crippen LogP contribution in [0.25, 0.3) is 0 Å². The maximum Gasteiger partial charge on any atom is 0.258 e. The van der Waals surface area contributed by atoms with E-state index in [-0.39, 0.29) is 0 Å². The Kier molecular flexibility index (Phi) is 6.70. The summed E-state index contributed by atoms with van der Waals surface area (Å²) in [4.78, 5) is 11.2. The van der Waals surface area contributed by atoms with Crippen molar-refractivity contribution in [1.82, 2.24) is 0 Å². The molecule has 0 heterocycles. The van der Waals surface area contributed by atoms with Crippen LogP contribution in [0.15, 0.2) is 24.3 Å². The number of carbonyl (C=O) groups excluding carboxylic acids is 1. The second kappa shape index (κ2) is 8.34. The van der Waals surface area contributed by atoms with E-state index in [1.807, 2.05) is 0 Å². The van der Waals surface area contributed by atoms with E-state index in [4.69, 9.17) is 25.7 Å². The predicted octanol–water partition coefficient (Wildman–Crippen LogP) is 0.293. The Bertz CT molecular complexity index is 381. The van der Waals surface area contributed by atoms with Gasteiger partial charge in [-0.15, -0.1) is 0 Å². The minimum absolute atomic E-state index is 0.408. The minimum Gasteiger partial charge on any atom is -0.492 e. The van der Waals surface area contributed by atoms with Crippen LogP contribution in [0, 0.1) is 0 Å². The first-order valence-corrected chi connectivity index (χ1v) is 6.05. The third-order valence-corrected chi connectivity index (χ3v) is 2.39. The number of carbonyl (C=O) groups is 1. The van der Waals surface area contributed by atoms with E-state index in [1.165, 1.54) is 0 Å². The lowest BCUT2D eigenvalue weighted by molar-refractivity contribution is -0.125. The highest BCUT2D eigenvalue weighted by molar-refractivity contribution is 5.79. The maximum absolute atomic E-state index is 11.2. The van der Waals surface area contributed by atoms with E-state index in [2.05, 4.69) is 0 Å². The minimum atomic E-state index is -0.698. The Labute approximate surface area is 112 Å². The second-order valence-corrected chi connectivity index (χ2v) is 3.90. The molecule has 0 saturated heterocycles. The van der Waals surface area contributed by atoms with Crippen molar-refractivity contribution in [2.75, 3.05) is 26.9 Å². The molecule has 6 nitrogen and oxygen atoms in total. The summed E-state index contributed by atoms with van der Waals surface area (Å²) in [6, 6.07) is 6.93. The molecule has 1 rings (SSSR count).